The highest BCUT2D eigenvalue weighted by Crippen LogP contribution is 2.19. The lowest BCUT2D eigenvalue weighted by Gasteiger charge is -2.17. The van der Waals surface area contributed by atoms with Crippen molar-refractivity contribution in [1.82, 2.24) is 4.72 Å². The first kappa shape index (κ1) is 16.5. The minimum absolute atomic E-state index is 0.0446. The number of amides is 1. The highest BCUT2D eigenvalue weighted by atomic mass is 32.2. The molecule has 0 saturated heterocycles. The first-order valence-electron chi connectivity index (χ1n) is 6.42. The Labute approximate surface area is 120 Å². The third-order valence-electron chi connectivity index (χ3n) is 2.38. The van der Waals surface area contributed by atoms with Crippen LogP contribution < -0.4 is 9.46 Å². The van der Waals surface area contributed by atoms with Gasteiger partial charge in [0.1, 0.15) is 5.75 Å². The Kier molecular flexibility index (Phi) is 5.16. The van der Waals surface area contributed by atoms with Crippen molar-refractivity contribution in [2.75, 3.05) is 6.61 Å². The number of rotatable bonds is 5. The van der Waals surface area contributed by atoms with E-state index in [4.69, 9.17) is 4.74 Å². The molecular weight excluding hydrogens is 278 g/mol. The standard InChI is InChI=1S/C14H21NO4S/c1-5-19-11-6-8-12(9-7-11)20(17,18)15-13(16)10-14(2,3)4/h6-9H,5,10H2,1-4H3,(H,15,16). The monoisotopic (exact) mass is 299 g/mol. The number of sulfonamides is 1. The number of benzene rings is 1. The summed E-state index contributed by atoms with van der Waals surface area (Å²) >= 11 is 0. The summed E-state index contributed by atoms with van der Waals surface area (Å²) in [7, 11) is -3.82. The van der Waals surface area contributed by atoms with Crippen LogP contribution in [0.4, 0.5) is 0 Å². The van der Waals surface area contributed by atoms with Gasteiger partial charge in [-0.3, -0.25) is 4.79 Å². The molecule has 0 fully saturated rings. The predicted molar refractivity (Wildman–Crippen MR) is 77.0 cm³/mol. The Morgan fingerprint density at radius 1 is 1.20 bits per heavy atom. The van der Waals surface area contributed by atoms with Gasteiger partial charge in [0.15, 0.2) is 0 Å². The summed E-state index contributed by atoms with van der Waals surface area (Å²) < 4.78 is 31.4. The first-order chi connectivity index (χ1) is 9.14. The summed E-state index contributed by atoms with van der Waals surface area (Å²) in [6, 6.07) is 5.95. The van der Waals surface area contributed by atoms with Gasteiger partial charge in [-0.1, -0.05) is 20.8 Å². The molecule has 0 heterocycles. The van der Waals surface area contributed by atoms with E-state index in [9.17, 15) is 13.2 Å². The number of hydrogen-bond acceptors (Lipinski definition) is 4. The van der Waals surface area contributed by atoms with Crippen LogP contribution in [-0.4, -0.2) is 20.9 Å². The smallest absolute Gasteiger partial charge is 0.264 e. The van der Waals surface area contributed by atoms with Crippen LogP contribution in [0.3, 0.4) is 0 Å². The molecule has 0 aliphatic heterocycles. The molecule has 1 amide bonds. The number of carbonyl (C=O) groups is 1. The summed E-state index contributed by atoms with van der Waals surface area (Å²) in [5.41, 5.74) is -0.265. The van der Waals surface area contributed by atoms with Crippen molar-refractivity contribution in [3.05, 3.63) is 24.3 Å². The zero-order valence-corrected chi connectivity index (χ0v) is 13.1. The molecule has 0 radical (unpaired) electrons. The summed E-state index contributed by atoms with van der Waals surface area (Å²) in [5.74, 6) is 0.0823. The van der Waals surface area contributed by atoms with Gasteiger partial charge >= 0.3 is 0 Å². The van der Waals surface area contributed by atoms with Gasteiger partial charge in [0.05, 0.1) is 11.5 Å². The Morgan fingerprint density at radius 2 is 1.75 bits per heavy atom. The molecule has 0 bridgehead atoms. The molecule has 0 spiro atoms. The molecule has 1 aromatic carbocycles. The second-order valence-corrected chi connectivity index (χ2v) is 7.35. The number of nitrogens with one attached hydrogen (secondary N) is 1. The van der Waals surface area contributed by atoms with Crippen LogP contribution >= 0.6 is 0 Å². The SMILES string of the molecule is CCOc1ccc(S(=O)(=O)NC(=O)CC(C)(C)C)cc1. The third kappa shape index (κ3) is 5.21. The molecule has 6 heteroatoms. The van der Waals surface area contributed by atoms with E-state index in [1.807, 2.05) is 27.7 Å². The average molecular weight is 299 g/mol. The molecule has 0 aromatic heterocycles. The van der Waals surface area contributed by atoms with Crippen LogP contribution in [0.2, 0.25) is 0 Å². The largest absolute Gasteiger partial charge is 0.494 e. The van der Waals surface area contributed by atoms with Gasteiger partial charge in [-0.15, -0.1) is 0 Å². The lowest BCUT2D eigenvalue weighted by Crippen LogP contribution is -2.33. The molecule has 0 saturated carbocycles. The van der Waals surface area contributed by atoms with Gasteiger partial charge < -0.3 is 4.74 Å². The molecule has 0 aliphatic rings. The quantitative estimate of drug-likeness (QED) is 0.905. The molecule has 20 heavy (non-hydrogen) atoms. The van der Waals surface area contributed by atoms with Gasteiger partial charge in [0.25, 0.3) is 10.0 Å². The lowest BCUT2D eigenvalue weighted by molar-refractivity contribution is -0.121. The maximum Gasteiger partial charge on any atom is 0.264 e. The van der Waals surface area contributed by atoms with Crippen molar-refractivity contribution in [2.45, 2.75) is 39.0 Å². The van der Waals surface area contributed by atoms with Crippen LogP contribution in [-0.2, 0) is 14.8 Å². The van der Waals surface area contributed by atoms with Gasteiger partial charge in [-0.2, -0.15) is 0 Å². The van der Waals surface area contributed by atoms with Crippen LogP contribution in [0, 0.1) is 5.41 Å². The van der Waals surface area contributed by atoms with E-state index >= 15 is 0 Å². The normalized spacial score (nSPS) is 12.0. The Balaban J connectivity index is 2.81. The van der Waals surface area contributed by atoms with Gasteiger partial charge in [-0.25, -0.2) is 13.1 Å². The Bertz CT molecular complexity index is 556. The predicted octanol–water partition coefficient (Wildman–Crippen LogP) is 2.33. The van der Waals surface area contributed by atoms with E-state index in [0.717, 1.165) is 0 Å². The van der Waals surface area contributed by atoms with Crippen LogP contribution in [0.5, 0.6) is 5.75 Å². The topological polar surface area (TPSA) is 72.5 Å². The summed E-state index contributed by atoms with van der Waals surface area (Å²) in [4.78, 5) is 11.7. The average Bonchev–Trinajstić information content (AvgIpc) is 2.26. The fourth-order valence-corrected chi connectivity index (χ4v) is 2.59. The number of ether oxygens (including phenoxy) is 1. The van der Waals surface area contributed by atoms with Crippen molar-refractivity contribution in [3.8, 4) is 5.75 Å². The van der Waals surface area contributed by atoms with Crippen molar-refractivity contribution in [2.24, 2.45) is 5.41 Å². The molecular formula is C14H21NO4S. The third-order valence-corrected chi connectivity index (χ3v) is 3.77. The molecule has 1 rings (SSSR count). The minimum Gasteiger partial charge on any atom is -0.494 e. The zero-order valence-electron chi connectivity index (χ0n) is 12.3. The lowest BCUT2D eigenvalue weighted by atomic mass is 9.92. The molecule has 1 N–H and O–H groups in total. The van der Waals surface area contributed by atoms with Crippen LogP contribution in [0.1, 0.15) is 34.1 Å². The van der Waals surface area contributed by atoms with Crippen LogP contribution in [0.15, 0.2) is 29.2 Å². The number of hydrogen-bond donors (Lipinski definition) is 1. The van der Waals surface area contributed by atoms with E-state index in [0.29, 0.717) is 12.4 Å². The number of carbonyl (C=O) groups excluding carboxylic acids is 1. The van der Waals surface area contributed by atoms with E-state index in [2.05, 4.69) is 4.72 Å². The highest BCUT2D eigenvalue weighted by Gasteiger charge is 2.22. The maximum atomic E-state index is 12.0. The second-order valence-electron chi connectivity index (χ2n) is 5.67. The molecule has 0 aliphatic carbocycles. The molecule has 112 valence electrons. The van der Waals surface area contributed by atoms with E-state index < -0.39 is 15.9 Å². The zero-order chi connectivity index (χ0) is 15.4. The van der Waals surface area contributed by atoms with E-state index in [1.54, 1.807) is 12.1 Å². The highest BCUT2D eigenvalue weighted by molar-refractivity contribution is 7.90. The summed E-state index contributed by atoms with van der Waals surface area (Å²) in [5, 5.41) is 0. The van der Waals surface area contributed by atoms with Gasteiger partial charge in [-0.05, 0) is 36.6 Å². The van der Waals surface area contributed by atoms with E-state index in [-0.39, 0.29) is 16.7 Å². The summed E-state index contributed by atoms with van der Waals surface area (Å²) in [6.07, 6.45) is 0.142. The molecule has 5 nitrogen and oxygen atoms in total. The Hall–Kier alpha value is -1.56. The van der Waals surface area contributed by atoms with Crippen molar-refractivity contribution in [1.29, 1.82) is 0 Å². The van der Waals surface area contributed by atoms with Crippen LogP contribution in [0.25, 0.3) is 0 Å². The molecule has 1 aromatic rings. The first-order valence-corrected chi connectivity index (χ1v) is 7.91. The minimum atomic E-state index is -3.82. The fraction of sp³-hybridized carbons (Fsp3) is 0.500. The maximum absolute atomic E-state index is 12.0. The summed E-state index contributed by atoms with van der Waals surface area (Å²) in [6.45, 7) is 7.97. The van der Waals surface area contributed by atoms with Gasteiger partial charge in [0, 0.05) is 6.42 Å². The fourth-order valence-electron chi connectivity index (χ4n) is 1.61. The second kappa shape index (κ2) is 6.26. The molecule has 0 unspecified atom stereocenters. The van der Waals surface area contributed by atoms with Crippen molar-refractivity contribution >= 4 is 15.9 Å². The van der Waals surface area contributed by atoms with E-state index in [1.165, 1.54) is 12.1 Å². The van der Waals surface area contributed by atoms with Crippen molar-refractivity contribution in [3.63, 3.8) is 0 Å². The molecule has 0 atom stereocenters. The van der Waals surface area contributed by atoms with Gasteiger partial charge in [0.2, 0.25) is 5.91 Å². The Morgan fingerprint density at radius 3 is 2.20 bits per heavy atom. The van der Waals surface area contributed by atoms with Crippen molar-refractivity contribution < 1.29 is 17.9 Å².